The van der Waals surface area contributed by atoms with E-state index in [0.29, 0.717) is 15.7 Å². The minimum Gasteiger partial charge on any atom is -0.364 e. The number of nitrogens with zero attached hydrogens (tertiary/aromatic N) is 1. The van der Waals surface area contributed by atoms with Crippen molar-refractivity contribution in [2.75, 3.05) is 0 Å². The minimum absolute atomic E-state index is 0.186. The summed E-state index contributed by atoms with van der Waals surface area (Å²) in [5.41, 5.74) is 6.28. The second kappa shape index (κ2) is 4.05. The largest absolute Gasteiger partial charge is 0.364 e. The first-order valence-electron chi connectivity index (χ1n) is 4.38. The van der Waals surface area contributed by atoms with Gasteiger partial charge in [-0.25, -0.2) is 4.39 Å². The van der Waals surface area contributed by atoms with Crippen LogP contribution in [0.25, 0.3) is 11.3 Å². The normalized spacial score (nSPS) is 10.4. The highest BCUT2D eigenvalue weighted by atomic mass is 79.9. The molecule has 0 aliphatic rings. The third kappa shape index (κ3) is 1.96. The molecule has 0 bridgehead atoms. The van der Waals surface area contributed by atoms with E-state index >= 15 is 0 Å². The Morgan fingerprint density at radius 3 is 2.81 bits per heavy atom. The van der Waals surface area contributed by atoms with Gasteiger partial charge in [-0.05, 0) is 24.3 Å². The van der Waals surface area contributed by atoms with Crippen LogP contribution in [-0.4, -0.2) is 16.1 Å². The van der Waals surface area contributed by atoms with Crippen molar-refractivity contribution in [3.05, 3.63) is 40.2 Å². The molecule has 0 spiro atoms. The molecule has 3 N–H and O–H groups in total. The molecule has 1 aromatic heterocycles. The van der Waals surface area contributed by atoms with E-state index in [-0.39, 0.29) is 11.5 Å². The first-order valence-corrected chi connectivity index (χ1v) is 5.18. The van der Waals surface area contributed by atoms with Crippen LogP contribution in [0.5, 0.6) is 0 Å². The number of hydrogen-bond donors (Lipinski definition) is 2. The van der Waals surface area contributed by atoms with Gasteiger partial charge in [-0.15, -0.1) is 0 Å². The summed E-state index contributed by atoms with van der Waals surface area (Å²) in [7, 11) is 0. The van der Waals surface area contributed by atoms with Crippen molar-refractivity contribution < 1.29 is 9.18 Å². The van der Waals surface area contributed by atoms with Gasteiger partial charge in [0.25, 0.3) is 5.91 Å². The van der Waals surface area contributed by atoms with Gasteiger partial charge < -0.3 is 5.73 Å². The molecule has 1 amide bonds. The molecule has 0 saturated heterocycles. The number of H-pyrrole nitrogens is 1. The number of hydrogen-bond acceptors (Lipinski definition) is 2. The SMILES string of the molecule is NC(=O)c1cc(-c2cc(F)ccc2Br)n[nH]1. The van der Waals surface area contributed by atoms with Crippen LogP contribution in [0.4, 0.5) is 4.39 Å². The Morgan fingerprint density at radius 2 is 2.19 bits per heavy atom. The average Bonchev–Trinajstić information content (AvgIpc) is 2.70. The van der Waals surface area contributed by atoms with Gasteiger partial charge in [0.2, 0.25) is 0 Å². The van der Waals surface area contributed by atoms with Crippen molar-refractivity contribution >= 4 is 21.8 Å². The van der Waals surface area contributed by atoms with Crippen molar-refractivity contribution in [1.82, 2.24) is 10.2 Å². The number of rotatable bonds is 2. The number of nitrogens with two attached hydrogens (primary N) is 1. The van der Waals surface area contributed by atoms with Crippen LogP contribution in [0.3, 0.4) is 0 Å². The Bertz CT molecular complexity index is 553. The van der Waals surface area contributed by atoms with Crippen LogP contribution in [-0.2, 0) is 0 Å². The Kier molecular flexibility index (Phi) is 2.74. The Balaban J connectivity index is 2.50. The molecule has 0 radical (unpaired) electrons. The van der Waals surface area contributed by atoms with E-state index < -0.39 is 5.91 Å². The molecule has 2 aromatic rings. The van der Waals surface area contributed by atoms with Gasteiger partial charge in [-0.2, -0.15) is 5.10 Å². The standard InChI is InChI=1S/C10H7BrFN3O/c11-7-2-1-5(12)3-6(7)8-4-9(10(13)16)15-14-8/h1-4H,(H2,13,16)(H,14,15). The maximum absolute atomic E-state index is 13.0. The number of primary amides is 1. The number of aromatic amines is 1. The first-order chi connectivity index (χ1) is 7.58. The van der Waals surface area contributed by atoms with Crippen molar-refractivity contribution in [3.63, 3.8) is 0 Å². The van der Waals surface area contributed by atoms with Crippen LogP contribution >= 0.6 is 15.9 Å². The first kappa shape index (κ1) is 10.8. The summed E-state index contributed by atoms with van der Waals surface area (Å²) in [5.74, 6) is -0.979. The fourth-order valence-corrected chi connectivity index (χ4v) is 1.73. The molecule has 6 heteroatoms. The van der Waals surface area contributed by atoms with Crippen molar-refractivity contribution in [2.24, 2.45) is 5.73 Å². The minimum atomic E-state index is -0.605. The molecule has 0 aliphatic heterocycles. The zero-order valence-electron chi connectivity index (χ0n) is 8.00. The molecule has 0 aliphatic carbocycles. The molecule has 2 rings (SSSR count). The number of amides is 1. The van der Waals surface area contributed by atoms with Crippen molar-refractivity contribution in [1.29, 1.82) is 0 Å². The summed E-state index contributed by atoms with van der Waals surface area (Å²) < 4.78 is 13.7. The summed E-state index contributed by atoms with van der Waals surface area (Å²) >= 11 is 3.28. The van der Waals surface area contributed by atoms with E-state index in [0.717, 1.165) is 0 Å². The lowest BCUT2D eigenvalue weighted by atomic mass is 10.1. The highest BCUT2D eigenvalue weighted by Gasteiger charge is 2.11. The summed E-state index contributed by atoms with van der Waals surface area (Å²) in [6.45, 7) is 0. The lowest BCUT2D eigenvalue weighted by molar-refractivity contribution is 0.0995. The monoisotopic (exact) mass is 283 g/mol. The van der Waals surface area contributed by atoms with Crippen LogP contribution in [0.15, 0.2) is 28.7 Å². The Labute approximate surface area is 98.8 Å². The summed E-state index contributed by atoms with van der Waals surface area (Å²) in [4.78, 5) is 10.9. The lowest BCUT2D eigenvalue weighted by Gasteiger charge is -1.99. The quantitative estimate of drug-likeness (QED) is 0.886. The number of aromatic nitrogens is 2. The van der Waals surface area contributed by atoms with E-state index in [1.807, 2.05) is 0 Å². The summed E-state index contributed by atoms with van der Waals surface area (Å²) in [6.07, 6.45) is 0. The summed E-state index contributed by atoms with van der Waals surface area (Å²) in [6, 6.07) is 5.70. The van der Waals surface area contributed by atoms with Gasteiger partial charge >= 0.3 is 0 Å². The molecule has 0 fully saturated rings. The van der Waals surface area contributed by atoms with Gasteiger partial charge in [0.1, 0.15) is 11.5 Å². The third-order valence-corrected chi connectivity index (χ3v) is 2.74. The van der Waals surface area contributed by atoms with Crippen LogP contribution in [0.2, 0.25) is 0 Å². The lowest BCUT2D eigenvalue weighted by Crippen LogP contribution is -2.10. The summed E-state index contributed by atoms with van der Waals surface area (Å²) in [5, 5.41) is 6.37. The van der Waals surface area contributed by atoms with Crippen molar-refractivity contribution in [3.8, 4) is 11.3 Å². The number of benzene rings is 1. The topological polar surface area (TPSA) is 71.8 Å². The third-order valence-electron chi connectivity index (χ3n) is 2.05. The van der Waals surface area contributed by atoms with Gasteiger partial charge in [0.05, 0.1) is 5.69 Å². The number of carbonyl (C=O) groups is 1. The molecular formula is C10H7BrFN3O. The number of halogens is 2. The average molecular weight is 284 g/mol. The van der Waals surface area contributed by atoms with Gasteiger partial charge in [0, 0.05) is 10.0 Å². The molecule has 1 aromatic carbocycles. The molecule has 4 nitrogen and oxygen atoms in total. The fourth-order valence-electron chi connectivity index (χ4n) is 1.28. The molecule has 82 valence electrons. The predicted octanol–water partition coefficient (Wildman–Crippen LogP) is 2.08. The zero-order valence-corrected chi connectivity index (χ0v) is 9.58. The highest BCUT2D eigenvalue weighted by Crippen LogP contribution is 2.27. The smallest absolute Gasteiger partial charge is 0.266 e. The van der Waals surface area contributed by atoms with Crippen LogP contribution in [0.1, 0.15) is 10.5 Å². The zero-order chi connectivity index (χ0) is 11.7. The van der Waals surface area contributed by atoms with E-state index in [1.54, 1.807) is 6.07 Å². The van der Waals surface area contributed by atoms with E-state index in [2.05, 4.69) is 26.1 Å². The van der Waals surface area contributed by atoms with E-state index in [1.165, 1.54) is 18.2 Å². The molecule has 1 heterocycles. The number of nitrogens with one attached hydrogen (secondary N) is 1. The fraction of sp³-hybridized carbons (Fsp3) is 0. The molecular weight excluding hydrogens is 277 g/mol. The molecule has 0 atom stereocenters. The Morgan fingerprint density at radius 1 is 1.44 bits per heavy atom. The van der Waals surface area contributed by atoms with Gasteiger partial charge in [-0.3, -0.25) is 9.89 Å². The molecule has 16 heavy (non-hydrogen) atoms. The second-order valence-corrected chi connectivity index (χ2v) is 4.01. The van der Waals surface area contributed by atoms with E-state index in [4.69, 9.17) is 5.73 Å². The predicted molar refractivity (Wildman–Crippen MR) is 60.2 cm³/mol. The van der Waals surface area contributed by atoms with Crippen LogP contribution in [0, 0.1) is 5.82 Å². The van der Waals surface area contributed by atoms with E-state index in [9.17, 15) is 9.18 Å². The number of carbonyl (C=O) groups excluding carboxylic acids is 1. The second-order valence-electron chi connectivity index (χ2n) is 3.16. The van der Waals surface area contributed by atoms with Gasteiger partial charge in [-0.1, -0.05) is 15.9 Å². The highest BCUT2D eigenvalue weighted by molar-refractivity contribution is 9.10. The maximum Gasteiger partial charge on any atom is 0.266 e. The molecule has 0 unspecified atom stereocenters. The molecule has 0 saturated carbocycles. The van der Waals surface area contributed by atoms with Crippen molar-refractivity contribution in [2.45, 2.75) is 0 Å². The van der Waals surface area contributed by atoms with Crippen LogP contribution < -0.4 is 5.73 Å². The van der Waals surface area contributed by atoms with Gasteiger partial charge in [0.15, 0.2) is 0 Å². The maximum atomic E-state index is 13.0. The Hall–Kier alpha value is -1.69.